The molecule has 0 bridgehead atoms. The number of benzene rings is 2. The molecule has 0 unspecified atom stereocenters. The van der Waals surface area contributed by atoms with Crippen LogP contribution in [0, 0.1) is 0 Å². The van der Waals surface area contributed by atoms with Crippen molar-refractivity contribution >= 4 is 35.1 Å². The monoisotopic (exact) mass is 344 g/mol. The van der Waals surface area contributed by atoms with Gasteiger partial charge in [0.1, 0.15) is 0 Å². The molecular formula is C18H21ClN4O. The van der Waals surface area contributed by atoms with Gasteiger partial charge in [0.2, 0.25) is 0 Å². The number of amides is 1. The number of halogens is 1. The summed E-state index contributed by atoms with van der Waals surface area (Å²) in [5.74, 6) is -0.266. The first-order valence-corrected chi connectivity index (χ1v) is 7.84. The molecule has 0 saturated heterocycles. The van der Waals surface area contributed by atoms with Gasteiger partial charge in [-0.2, -0.15) is 5.10 Å². The molecule has 126 valence electrons. The summed E-state index contributed by atoms with van der Waals surface area (Å²) in [4.78, 5) is 16.0. The minimum absolute atomic E-state index is 0.266. The Bertz CT molecular complexity index is 739. The topological polar surface area (TPSA) is 47.9 Å². The van der Waals surface area contributed by atoms with E-state index in [0.29, 0.717) is 10.6 Å². The maximum absolute atomic E-state index is 12.1. The molecule has 0 aliphatic heterocycles. The van der Waals surface area contributed by atoms with Crippen LogP contribution in [0.4, 0.5) is 11.4 Å². The first-order valence-electron chi connectivity index (χ1n) is 7.46. The van der Waals surface area contributed by atoms with Crippen molar-refractivity contribution in [3.63, 3.8) is 0 Å². The Labute approximate surface area is 147 Å². The number of nitrogens with zero attached hydrogens (tertiary/aromatic N) is 3. The summed E-state index contributed by atoms with van der Waals surface area (Å²) in [6.07, 6.45) is 1.54. The fraction of sp³-hybridized carbons (Fsp3) is 0.222. The lowest BCUT2D eigenvalue weighted by molar-refractivity contribution is 0.0955. The van der Waals surface area contributed by atoms with Crippen molar-refractivity contribution in [3.8, 4) is 0 Å². The van der Waals surface area contributed by atoms with Gasteiger partial charge in [0, 0.05) is 50.7 Å². The summed E-state index contributed by atoms with van der Waals surface area (Å²) in [7, 11) is 7.79. The van der Waals surface area contributed by atoms with Gasteiger partial charge in [-0.15, -0.1) is 0 Å². The van der Waals surface area contributed by atoms with Crippen LogP contribution in [-0.4, -0.2) is 40.3 Å². The van der Waals surface area contributed by atoms with E-state index in [4.69, 9.17) is 11.6 Å². The van der Waals surface area contributed by atoms with E-state index in [1.807, 2.05) is 68.3 Å². The van der Waals surface area contributed by atoms with Gasteiger partial charge in [-0.3, -0.25) is 4.79 Å². The molecule has 0 atom stereocenters. The number of carbonyl (C=O) groups is 1. The average molecular weight is 345 g/mol. The van der Waals surface area contributed by atoms with Crippen LogP contribution in [0.2, 0.25) is 5.02 Å². The summed E-state index contributed by atoms with van der Waals surface area (Å²) < 4.78 is 0. The molecule has 6 heteroatoms. The van der Waals surface area contributed by atoms with Crippen molar-refractivity contribution < 1.29 is 4.79 Å². The summed E-state index contributed by atoms with van der Waals surface area (Å²) in [5.41, 5.74) is 5.83. The molecule has 0 radical (unpaired) electrons. The normalized spacial score (nSPS) is 10.7. The van der Waals surface area contributed by atoms with Crippen molar-refractivity contribution in [2.45, 2.75) is 0 Å². The standard InChI is InChI=1S/C18H21ClN4O/c1-22(2)15-8-5-13(6-9-15)18(24)21-20-12-14-7-10-16(23(3)4)11-17(14)19/h5-12H,1-4H3,(H,21,24). The molecular weight excluding hydrogens is 324 g/mol. The van der Waals surface area contributed by atoms with Crippen molar-refractivity contribution in [3.05, 3.63) is 58.6 Å². The van der Waals surface area contributed by atoms with Crippen LogP contribution in [0.25, 0.3) is 0 Å². The highest BCUT2D eigenvalue weighted by Gasteiger charge is 2.05. The zero-order valence-corrected chi connectivity index (χ0v) is 15.0. The molecule has 2 rings (SSSR count). The number of carbonyl (C=O) groups excluding carboxylic acids is 1. The van der Waals surface area contributed by atoms with Gasteiger partial charge in [-0.1, -0.05) is 11.6 Å². The molecule has 2 aromatic carbocycles. The SMILES string of the molecule is CN(C)c1ccc(C(=O)NN=Cc2ccc(N(C)C)cc2Cl)cc1. The molecule has 1 N–H and O–H groups in total. The Kier molecular flexibility index (Phi) is 5.82. The van der Waals surface area contributed by atoms with Crippen LogP contribution in [0.1, 0.15) is 15.9 Å². The lowest BCUT2D eigenvalue weighted by Gasteiger charge is -2.13. The molecule has 0 fully saturated rings. The van der Waals surface area contributed by atoms with Crippen LogP contribution >= 0.6 is 11.6 Å². The zero-order valence-electron chi connectivity index (χ0n) is 14.2. The van der Waals surface area contributed by atoms with Crippen LogP contribution in [0.5, 0.6) is 0 Å². The highest BCUT2D eigenvalue weighted by Crippen LogP contribution is 2.21. The molecule has 0 aliphatic rings. The molecule has 24 heavy (non-hydrogen) atoms. The lowest BCUT2D eigenvalue weighted by Crippen LogP contribution is -2.18. The van der Waals surface area contributed by atoms with E-state index in [2.05, 4.69) is 10.5 Å². The second-order valence-electron chi connectivity index (χ2n) is 5.74. The Morgan fingerprint density at radius 2 is 1.58 bits per heavy atom. The summed E-state index contributed by atoms with van der Waals surface area (Å²) >= 11 is 6.22. The van der Waals surface area contributed by atoms with Crippen LogP contribution in [0.3, 0.4) is 0 Å². The fourth-order valence-corrected chi connectivity index (χ4v) is 2.26. The zero-order chi connectivity index (χ0) is 17.7. The molecule has 0 aromatic heterocycles. The maximum atomic E-state index is 12.1. The largest absolute Gasteiger partial charge is 0.378 e. The van der Waals surface area contributed by atoms with E-state index >= 15 is 0 Å². The Balaban J connectivity index is 2.02. The minimum Gasteiger partial charge on any atom is -0.378 e. The highest BCUT2D eigenvalue weighted by molar-refractivity contribution is 6.33. The van der Waals surface area contributed by atoms with E-state index in [0.717, 1.165) is 16.9 Å². The quantitative estimate of drug-likeness (QED) is 0.669. The first-order chi connectivity index (χ1) is 11.4. The second kappa shape index (κ2) is 7.84. The van der Waals surface area contributed by atoms with E-state index < -0.39 is 0 Å². The average Bonchev–Trinajstić information content (AvgIpc) is 2.56. The minimum atomic E-state index is -0.266. The summed E-state index contributed by atoms with van der Waals surface area (Å²) in [6.45, 7) is 0. The van der Waals surface area contributed by atoms with Gasteiger partial charge in [-0.25, -0.2) is 5.43 Å². The summed E-state index contributed by atoms with van der Waals surface area (Å²) in [5, 5.41) is 4.56. The van der Waals surface area contributed by atoms with E-state index in [1.165, 1.54) is 6.21 Å². The first kappa shape index (κ1) is 17.8. The Morgan fingerprint density at radius 1 is 1.00 bits per heavy atom. The van der Waals surface area contributed by atoms with Crippen LogP contribution < -0.4 is 15.2 Å². The van der Waals surface area contributed by atoms with E-state index in [1.54, 1.807) is 12.1 Å². The number of rotatable bonds is 5. The van der Waals surface area contributed by atoms with Gasteiger partial charge in [0.05, 0.1) is 11.2 Å². The molecule has 2 aromatic rings. The van der Waals surface area contributed by atoms with Crippen LogP contribution in [-0.2, 0) is 0 Å². The van der Waals surface area contributed by atoms with Crippen molar-refractivity contribution in [1.29, 1.82) is 0 Å². The van der Waals surface area contributed by atoms with Gasteiger partial charge in [0.25, 0.3) is 5.91 Å². The number of hydrogen-bond acceptors (Lipinski definition) is 4. The molecule has 0 heterocycles. The second-order valence-corrected chi connectivity index (χ2v) is 6.15. The third-order valence-corrected chi connectivity index (χ3v) is 3.84. The summed E-state index contributed by atoms with van der Waals surface area (Å²) in [6, 6.07) is 12.9. The molecule has 0 aliphatic carbocycles. The number of nitrogens with one attached hydrogen (secondary N) is 1. The molecule has 0 saturated carbocycles. The van der Waals surface area contributed by atoms with Gasteiger partial charge in [0.15, 0.2) is 0 Å². The highest BCUT2D eigenvalue weighted by atomic mass is 35.5. The van der Waals surface area contributed by atoms with Gasteiger partial charge >= 0.3 is 0 Å². The van der Waals surface area contributed by atoms with E-state index in [-0.39, 0.29) is 5.91 Å². The van der Waals surface area contributed by atoms with Gasteiger partial charge < -0.3 is 9.80 Å². The smallest absolute Gasteiger partial charge is 0.271 e. The van der Waals surface area contributed by atoms with Crippen molar-refractivity contribution in [2.75, 3.05) is 38.0 Å². The Hall–Kier alpha value is -2.53. The van der Waals surface area contributed by atoms with Crippen molar-refractivity contribution in [2.24, 2.45) is 5.10 Å². The third-order valence-electron chi connectivity index (χ3n) is 3.52. The predicted molar refractivity (Wildman–Crippen MR) is 102 cm³/mol. The Morgan fingerprint density at radius 3 is 2.12 bits per heavy atom. The van der Waals surface area contributed by atoms with Crippen LogP contribution in [0.15, 0.2) is 47.6 Å². The molecule has 0 spiro atoms. The third kappa shape index (κ3) is 4.49. The maximum Gasteiger partial charge on any atom is 0.271 e. The molecule has 1 amide bonds. The van der Waals surface area contributed by atoms with Crippen molar-refractivity contribution in [1.82, 2.24) is 5.43 Å². The number of hydrazone groups is 1. The number of anilines is 2. The molecule has 5 nitrogen and oxygen atoms in total. The lowest BCUT2D eigenvalue weighted by atomic mass is 10.2. The number of hydrogen-bond donors (Lipinski definition) is 1. The predicted octanol–water partition coefficient (Wildman–Crippen LogP) is 3.24. The van der Waals surface area contributed by atoms with Gasteiger partial charge in [-0.05, 0) is 42.5 Å². The van der Waals surface area contributed by atoms with E-state index in [9.17, 15) is 4.79 Å². The fourth-order valence-electron chi connectivity index (χ4n) is 2.03.